The fraction of sp³-hybridized carbons (Fsp3) is 0.579. The Morgan fingerprint density at radius 3 is 2.05 bits per heavy atom. The minimum atomic E-state index is -0.00219. The smallest absolute Gasteiger partial charge is 0.226 e. The van der Waals surface area contributed by atoms with Crippen molar-refractivity contribution in [1.29, 1.82) is 0 Å². The lowest BCUT2D eigenvalue weighted by atomic mass is 9.75. The molecule has 1 saturated heterocycles. The van der Waals surface area contributed by atoms with Crippen molar-refractivity contribution >= 4 is 12.2 Å². The van der Waals surface area contributed by atoms with Gasteiger partial charge in [-0.1, -0.05) is 5.57 Å². The summed E-state index contributed by atoms with van der Waals surface area (Å²) in [6, 6.07) is 0. The summed E-state index contributed by atoms with van der Waals surface area (Å²) in [5.41, 5.74) is 7.03. The molecule has 2 atom stereocenters. The van der Waals surface area contributed by atoms with Crippen molar-refractivity contribution in [2.75, 3.05) is 0 Å². The van der Waals surface area contributed by atoms with E-state index in [1.165, 1.54) is 27.9 Å². The van der Waals surface area contributed by atoms with Gasteiger partial charge in [-0.05, 0) is 83.6 Å². The lowest BCUT2D eigenvalue weighted by Gasteiger charge is -2.26. The molecule has 0 saturated carbocycles. The number of rotatable bonds is 0. The molecule has 3 aliphatic rings. The highest BCUT2D eigenvalue weighted by molar-refractivity contribution is 5.94. The molecule has 3 nitrogen and oxygen atoms in total. The second-order valence-corrected chi connectivity index (χ2v) is 7.23. The molecule has 1 aliphatic carbocycles. The van der Waals surface area contributed by atoms with E-state index in [9.17, 15) is 0 Å². The summed E-state index contributed by atoms with van der Waals surface area (Å²) in [7, 11) is 0. The number of guanidine groups is 1. The topological polar surface area (TPSA) is 27.7 Å². The van der Waals surface area contributed by atoms with Crippen LogP contribution in [0.4, 0.5) is 0 Å². The molecule has 0 spiro atoms. The summed E-state index contributed by atoms with van der Waals surface area (Å²) >= 11 is 0. The second-order valence-electron chi connectivity index (χ2n) is 7.23. The van der Waals surface area contributed by atoms with E-state index in [4.69, 9.17) is 4.99 Å². The third kappa shape index (κ3) is 1.68. The zero-order valence-corrected chi connectivity index (χ0v) is 14.9. The zero-order valence-electron chi connectivity index (χ0n) is 14.9. The van der Waals surface area contributed by atoms with Crippen LogP contribution in [0, 0.1) is 0 Å². The summed E-state index contributed by atoms with van der Waals surface area (Å²) in [6.45, 7) is 15.8. The lowest BCUT2D eigenvalue weighted by Crippen LogP contribution is -2.27. The first kappa shape index (κ1) is 15.3. The van der Waals surface area contributed by atoms with Gasteiger partial charge >= 0.3 is 0 Å². The fourth-order valence-corrected chi connectivity index (χ4v) is 4.19. The number of nitrogens with zero attached hydrogens (tertiary/aromatic N) is 3. The average molecular weight is 297 g/mol. The summed E-state index contributed by atoms with van der Waals surface area (Å²) in [5, 5.41) is 0. The zero-order chi connectivity index (χ0) is 16.3. The van der Waals surface area contributed by atoms with Gasteiger partial charge in [-0.15, -0.1) is 0 Å². The van der Waals surface area contributed by atoms with Crippen molar-refractivity contribution in [3.63, 3.8) is 0 Å². The molecule has 0 aromatic carbocycles. The minimum absolute atomic E-state index is 0.00219. The van der Waals surface area contributed by atoms with Crippen LogP contribution in [0.1, 0.15) is 61.3 Å². The Balaban J connectivity index is 2.12. The van der Waals surface area contributed by atoms with Crippen LogP contribution in [0.2, 0.25) is 0 Å². The molecule has 118 valence electrons. The van der Waals surface area contributed by atoms with Crippen molar-refractivity contribution in [3.05, 3.63) is 34.1 Å². The van der Waals surface area contributed by atoms with Gasteiger partial charge in [0.1, 0.15) is 0 Å². The average Bonchev–Trinajstić information content (AvgIpc) is 2.99. The molecule has 0 radical (unpaired) electrons. The normalized spacial score (nSPS) is 37.3. The van der Waals surface area contributed by atoms with Gasteiger partial charge in [-0.2, -0.15) is 0 Å². The van der Waals surface area contributed by atoms with E-state index < -0.39 is 0 Å². The molecule has 2 unspecified atom stereocenters. The van der Waals surface area contributed by atoms with Crippen LogP contribution in [0.15, 0.2) is 44.1 Å². The van der Waals surface area contributed by atoms with Crippen molar-refractivity contribution in [3.8, 4) is 0 Å². The Hall–Kier alpha value is -1.64. The van der Waals surface area contributed by atoms with Crippen molar-refractivity contribution in [2.24, 2.45) is 9.98 Å². The van der Waals surface area contributed by atoms with Gasteiger partial charge in [-0.3, -0.25) is 0 Å². The molecule has 0 bridgehead atoms. The number of hydrogen-bond acceptors (Lipinski definition) is 3. The number of hydrogen-bond donors (Lipinski definition) is 0. The predicted molar refractivity (Wildman–Crippen MR) is 94.3 cm³/mol. The molecule has 3 rings (SSSR count). The summed E-state index contributed by atoms with van der Waals surface area (Å²) in [5.74, 6) is 0.852. The Morgan fingerprint density at radius 2 is 1.50 bits per heavy atom. The molecular formula is C19H27N3. The predicted octanol–water partition coefficient (Wildman–Crippen LogP) is 4.63. The van der Waals surface area contributed by atoms with Gasteiger partial charge in [0.15, 0.2) is 0 Å². The van der Waals surface area contributed by atoms with E-state index in [0.717, 1.165) is 18.8 Å². The van der Waals surface area contributed by atoms with E-state index in [-0.39, 0.29) is 11.1 Å². The quantitative estimate of drug-likeness (QED) is 0.599. The molecule has 2 heterocycles. The third-order valence-electron chi connectivity index (χ3n) is 6.42. The van der Waals surface area contributed by atoms with Crippen molar-refractivity contribution in [1.82, 2.24) is 4.90 Å². The van der Waals surface area contributed by atoms with Gasteiger partial charge < -0.3 is 4.90 Å². The van der Waals surface area contributed by atoms with E-state index in [2.05, 4.69) is 58.4 Å². The van der Waals surface area contributed by atoms with Gasteiger partial charge in [0.05, 0.1) is 11.1 Å². The fourth-order valence-electron chi connectivity index (χ4n) is 4.19. The highest BCUT2D eigenvalue weighted by atomic mass is 15.5. The Kier molecular flexibility index (Phi) is 3.24. The van der Waals surface area contributed by atoms with Gasteiger partial charge in [0.2, 0.25) is 5.96 Å². The molecule has 0 aromatic rings. The van der Waals surface area contributed by atoms with E-state index in [0.29, 0.717) is 0 Å². The first-order valence-electron chi connectivity index (χ1n) is 8.18. The molecule has 0 aromatic heterocycles. The molecule has 2 aliphatic heterocycles. The third-order valence-corrected chi connectivity index (χ3v) is 6.42. The monoisotopic (exact) mass is 297 g/mol. The van der Waals surface area contributed by atoms with Gasteiger partial charge in [-0.25, -0.2) is 9.98 Å². The van der Waals surface area contributed by atoms with E-state index in [1.54, 1.807) is 0 Å². The van der Waals surface area contributed by atoms with Crippen LogP contribution in [0.3, 0.4) is 0 Å². The summed E-state index contributed by atoms with van der Waals surface area (Å²) < 4.78 is 0. The minimum Gasteiger partial charge on any atom is -0.317 e. The maximum absolute atomic E-state index is 4.70. The second kappa shape index (κ2) is 4.68. The molecular weight excluding hydrogens is 270 g/mol. The standard InChI is InChI=1S/C19H27N3/c1-12-9-8-10-20-17(21-11-12)22-18(6)15(4)13(2)14(3)16(5)19(18,22)7/h10-11H,8-9H2,1-7H3/b12-11-,20-10?,21-17?. The van der Waals surface area contributed by atoms with E-state index in [1.807, 2.05) is 12.4 Å². The first-order chi connectivity index (χ1) is 10.3. The van der Waals surface area contributed by atoms with Crippen LogP contribution in [0.5, 0.6) is 0 Å². The summed E-state index contributed by atoms with van der Waals surface area (Å²) in [6.07, 6.45) is 6.04. The Morgan fingerprint density at radius 1 is 0.955 bits per heavy atom. The van der Waals surface area contributed by atoms with E-state index >= 15 is 0 Å². The van der Waals surface area contributed by atoms with Gasteiger partial charge in [0, 0.05) is 12.4 Å². The van der Waals surface area contributed by atoms with Crippen LogP contribution < -0.4 is 0 Å². The van der Waals surface area contributed by atoms with Crippen LogP contribution in [-0.4, -0.2) is 28.2 Å². The van der Waals surface area contributed by atoms with Crippen LogP contribution in [0.25, 0.3) is 0 Å². The maximum atomic E-state index is 4.70. The Labute approximate surface area is 134 Å². The van der Waals surface area contributed by atoms with Crippen LogP contribution in [-0.2, 0) is 0 Å². The van der Waals surface area contributed by atoms with Crippen LogP contribution >= 0.6 is 0 Å². The Bertz CT molecular complexity index is 653. The highest BCUT2D eigenvalue weighted by Crippen LogP contribution is 2.63. The molecule has 0 amide bonds. The molecule has 1 fully saturated rings. The molecule has 3 heteroatoms. The maximum Gasteiger partial charge on any atom is 0.226 e. The molecule has 22 heavy (non-hydrogen) atoms. The number of aliphatic imine (C=N–C) groups is 2. The SMILES string of the molecule is CC1=C(C)C2(C)N(C3=N/C=C(/C)CCC=N3)C2(C)C(C)=C1C. The largest absolute Gasteiger partial charge is 0.317 e. The van der Waals surface area contributed by atoms with Crippen molar-refractivity contribution < 1.29 is 0 Å². The number of fused-ring (bicyclic) bond motifs is 1. The molecule has 0 N–H and O–H groups in total. The van der Waals surface area contributed by atoms with Crippen molar-refractivity contribution in [2.45, 2.75) is 72.4 Å². The highest BCUT2D eigenvalue weighted by Gasteiger charge is 2.74. The summed E-state index contributed by atoms with van der Waals surface area (Å²) in [4.78, 5) is 11.8. The van der Waals surface area contributed by atoms with Gasteiger partial charge in [0.25, 0.3) is 0 Å². The lowest BCUT2D eigenvalue weighted by molar-refractivity contribution is 0.614. The first-order valence-corrected chi connectivity index (χ1v) is 8.18. The number of allylic oxidation sites excluding steroid dienone is 3.